The number of anilines is 1. The lowest BCUT2D eigenvalue weighted by molar-refractivity contribution is 0.410. The van der Waals surface area contributed by atoms with E-state index in [-0.39, 0.29) is 0 Å². The van der Waals surface area contributed by atoms with E-state index in [2.05, 4.69) is 29.4 Å². The van der Waals surface area contributed by atoms with Gasteiger partial charge in [-0.25, -0.2) is 0 Å². The molecule has 0 saturated carbocycles. The monoisotopic (exact) mass is 311 g/mol. The van der Waals surface area contributed by atoms with Crippen LogP contribution >= 0.6 is 22.9 Å². The summed E-state index contributed by atoms with van der Waals surface area (Å²) in [6.45, 7) is 4.96. The first kappa shape index (κ1) is 15.1. The van der Waals surface area contributed by atoms with Crippen LogP contribution in [0.3, 0.4) is 0 Å². The van der Waals surface area contributed by atoms with Crippen LogP contribution < -0.4 is 10.1 Å². The van der Waals surface area contributed by atoms with E-state index in [1.807, 2.05) is 18.2 Å². The fourth-order valence-electron chi connectivity index (χ4n) is 1.81. The summed E-state index contributed by atoms with van der Waals surface area (Å²) >= 11 is 7.60. The molecule has 0 aliphatic carbocycles. The van der Waals surface area contributed by atoms with Gasteiger partial charge in [-0.1, -0.05) is 36.8 Å². The summed E-state index contributed by atoms with van der Waals surface area (Å²) in [5.74, 6) is 1.40. The van der Waals surface area contributed by atoms with Gasteiger partial charge in [-0.05, 0) is 24.1 Å². The minimum atomic E-state index is 0.587. The number of rotatable bonds is 6. The first-order chi connectivity index (χ1) is 9.58. The molecule has 0 amide bonds. The molecule has 0 aliphatic heterocycles. The van der Waals surface area contributed by atoms with E-state index in [1.165, 1.54) is 0 Å². The van der Waals surface area contributed by atoms with Crippen LogP contribution in [0.25, 0.3) is 0 Å². The molecule has 1 aromatic heterocycles. The van der Waals surface area contributed by atoms with Crippen molar-refractivity contribution in [1.29, 1.82) is 0 Å². The van der Waals surface area contributed by atoms with Crippen LogP contribution in [0.5, 0.6) is 5.75 Å². The van der Waals surface area contributed by atoms with Gasteiger partial charge in [-0.15, -0.1) is 10.2 Å². The summed E-state index contributed by atoms with van der Waals surface area (Å²) in [5.41, 5.74) is 1.00. The standard InChI is InChI=1S/C14H18ClN3OS/c1-9(2)6-13-17-18-14(20-13)16-8-10-7-11(15)4-5-12(10)19-3/h4-5,7,9H,6,8H2,1-3H3,(H,16,18). The Kier molecular flexibility index (Phi) is 5.20. The maximum Gasteiger partial charge on any atom is 0.205 e. The molecule has 1 heterocycles. The van der Waals surface area contributed by atoms with E-state index >= 15 is 0 Å². The Morgan fingerprint density at radius 2 is 2.15 bits per heavy atom. The number of aromatic nitrogens is 2. The topological polar surface area (TPSA) is 47.0 Å². The Labute approximate surface area is 128 Å². The van der Waals surface area contributed by atoms with Crippen LogP contribution in [-0.2, 0) is 13.0 Å². The minimum Gasteiger partial charge on any atom is -0.496 e. The highest BCUT2D eigenvalue weighted by atomic mass is 35.5. The molecular formula is C14H18ClN3OS. The Hall–Kier alpha value is -1.33. The number of nitrogens with zero attached hydrogens (tertiary/aromatic N) is 2. The van der Waals surface area contributed by atoms with Gasteiger partial charge in [0.25, 0.3) is 0 Å². The largest absolute Gasteiger partial charge is 0.496 e. The summed E-state index contributed by atoms with van der Waals surface area (Å²) in [5, 5.41) is 14.2. The Bertz CT molecular complexity index is 571. The van der Waals surface area contributed by atoms with Gasteiger partial charge >= 0.3 is 0 Å². The molecule has 0 aliphatic rings. The van der Waals surface area contributed by atoms with Gasteiger partial charge in [0, 0.05) is 23.6 Å². The number of methoxy groups -OCH3 is 1. The lowest BCUT2D eigenvalue weighted by Crippen LogP contribution is -2.01. The molecule has 1 N–H and O–H groups in total. The third-order valence-corrected chi connectivity index (χ3v) is 3.86. The number of hydrogen-bond acceptors (Lipinski definition) is 5. The van der Waals surface area contributed by atoms with E-state index in [0.717, 1.165) is 27.9 Å². The first-order valence-electron chi connectivity index (χ1n) is 6.47. The average Bonchev–Trinajstić information content (AvgIpc) is 2.83. The molecule has 0 radical (unpaired) electrons. The molecule has 4 nitrogen and oxygen atoms in total. The van der Waals surface area contributed by atoms with Crippen LogP contribution in [0.2, 0.25) is 5.02 Å². The Morgan fingerprint density at radius 3 is 2.85 bits per heavy atom. The van der Waals surface area contributed by atoms with E-state index in [1.54, 1.807) is 18.4 Å². The zero-order chi connectivity index (χ0) is 14.5. The number of halogens is 1. The molecule has 0 atom stereocenters. The molecule has 6 heteroatoms. The zero-order valence-electron chi connectivity index (χ0n) is 11.8. The number of hydrogen-bond donors (Lipinski definition) is 1. The maximum atomic E-state index is 6.01. The molecule has 0 saturated heterocycles. The van der Waals surface area contributed by atoms with Crippen LogP contribution in [0.1, 0.15) is 24.4 Å². The summed E-state index contributed by atoms with van der Waals surface area (Å²) in [4.78, 5) is 0. The second kappa shape index (κ2) is 6.90. The van der Waals surface area contributed by atoms with Crippen molar-refractivity contribution in [1.82, 2.24) is 10.2 Å². The third-order valence-electron chi connectivity index (χ3n) is 2.72. The van der Waals surface area contributed by atoms with E-state index < -0.39 is 0 Å². The molecule has 0 fully saturated rings. The van der Waals surface area contributed by atoms with Gasteiger partial charge in [0.05, 0.1) is 7.11 Å². The number of ether oxygens (including phenoxy) is 1. The predicted octanol–water partition coefficient (Wildman–Crippen LogP) is 4.01. The van der Waals surface area contributed by atoms with Crippen molar-refractivity contribution in [2.75, 3.05) is 12.4 Å². The average molecular weight is 312 g/mol. The first-order valence-corrected chi connectivity index (χ1v) is 7.66. The SMILES string of the molecule is COc1ccc(Cl)cc1CNc1nnc(CC(C)C)s1. The van der Waals surface area contributed by atoms with Gasteiger partial charge in [0.2, 0.25) is 5.13 Å². The normalized spacial score (nSPS) is 10.8. The quantitative estimate of drug-likeness (QED) is 0.875. The zero-order valence-corrected chi connectivity index (χ0v) is 13.4. The van der Waals surface area contributed by atoms with Crippen LogP contribution in [0.4, 0.5) is 5.13 Å². The van der Waals surface area contributed by atoms with Crippen LogP contribution in [0.15, 0.2) is 18.2 Å². The molecule has 0 unspecified atom stereocenters. The summed E-state index contributed by atoms with van der Waals surface area (Å²) in [7, 11) is 1.65. The smallest absolute Gasteiger partial charge is 0.205 e. The molecule has 108 valence electrons. The van der Waals surface area contributed by atoms with Crippen molar-refractivity contribution < 1.29 is 4.74 Å². The van der Waals surface area contributed by atoms with Gasteiger partial charge in [0.1, 0.15) is 10.8 Å². The van der Waals surface area contributed by atoms with Gasteiger partial charge in [-0.3, -0.25) is 0 Å². The third kappa shape index (κ3) is 4.08. The lowest BCUT2D eigenvalue weighted by atomic mass is 10.1. The highest BCUT2D eigenvalue weighted by molar-refractivity contribution is 7.15. The van der Waals surface area contributed by atoms with Gasteiger partial charge in [0.15, 0.2) is 0 Å². The van der Waals surface area contributed by atoms with Crippen molar-refractivity contribution in [3.05, 3.63) is 33.8 Å². The minimum absolute atomic E-state index is 0.587. The highest BCUT2D eigenvalue weighted by Gasteiger charge is 2.08. The second-order valence-corrected chi connectivity index (χ2v) is 6.41. The fourth-order valence-corrected chi connectivity index (χ4v) is 2.96. The lowest BCUT2D eigenvalue weighted by Gasteiger charge is -2.09. The maximum absolute atomic E-state index is 6.01. The number of nitrogens with one attached hydrogen (secondary N) is 1. The summed E-state index contributed by atoms with van der Waals surface area (Å²) in [6, 6.07) is 5.57. The van der Waals surface area contributed by atoms with Crippen molar-refractivity contribution in [2.45, 2.75) is 26.8 Å². The van der Waals surface area contributed by atoms with Crippen LogP contribution in [-0.4, -0.2) is 17.3 Å². The van der Waals surface area contributed by atoms with E-state index in [4.69, 9.17) is 16.3 Å². The summed E-state index contributed by atoms with van der Waals surface area (Å²) < 4.78 is 5.32. The van der Waals surface area contributed by atoms with Crippen molar-refractivity contribution in [3.8, 4) is 5.75 Å². The van der Waals surface area contributed by atoms with Crippen molar-refractivity contribution >= 4 is 28.1 Å². The fraction of sp³-hybridized carbons (Fsp3) is 0.429. The van der Waals surface area contributed by atoms with Crippen molar-refractivity contribution in [3.63, 3.8) is 0 Å². The molecule has 2 aromatic rings. The predicted molar refractivity (Wildman–Crippen MR) is 83.8 cm³/mol. The van der Waals surface area contributed by atoms with E-state index in [0.29, 0.717) is 17.5 Å². The summed E-state index contributed by atoms with van der Waals surface area (Å²) in [6.07, 6.45) is 0.958. The Balaban J connectivity index is 2.01. The molecular weight excluding hydrogens is 294 g/mol. The Morgan fingerprint density at radius 1 is 1.35 bits per heavy atom. The van der Waals surface area contributed by atoms with Gasteiger partial charge in [-0.2, -0.15) is 0 Å². The molecule has 0 spiro atoms. The highest BCUT2D eigenvalue weighted by Crippen LogP contribution is 2.24. The molecule has 1 aromatic carbocycles. The molecule has 0 bridgehead atoms. The number of benzene rings is 1. The van der Waals surface area contributed by atoms with E-state index in [9.17, 15) is 0 Å². The van der Waals surface area contributed by atoms with Gasteiger partial charge < -0.3 is 10.1 Å². The second-order valence-electron chi connectivity index (χ2n) is 4.91. The molecule has 2 rings (SSSR count). The van der Waals surface area contributed by atoms with Crippen LogP contribution in [0, 0.1) is 5.92 Å². The van der Waals surface area contributed by atoms with Crippen molar-refractivity contribution in [2.24, 2.45) is 5.92 Å². The molecule has 20 heavy (non-hydrogen) atoms.